The van der Waals surface area contributed by atoms with E-state index in [2.05, 4.69) is 19.1 Å². The molecule has 0 unspecified atom stereocenters. The van der Waals surface area contributed by atoms with Crippen LogP contribution in [0.15, 0.2) is 35.3 Å². The molecule has 1 saturated carbocycles. The molecule has 144 valence electrons. The topological polar surface area (TPSA) is 84.8 Å². The predicted octanol–water partition coefficient (Wildman–Crippen LogP) is 4.30. The SMILES string of the molecule is CCc1cc(-c2ccn3c(=O)c(C(=O)O)cc(C4CC4)c3c2C)cc(C)c1N. The molecule has 4 rings (SSSR count). The summed E-state index contributed by atoms with van der Waals surface area (Å²) in [6.07, 6.45) is 4.60. The summed E-state index contributed by atoms with van der Waals surface area (Å²) in [6, 6.07) is 7.67. The highest BCUT2D eigenvalue weighted by molar-refractivity contribution is 5.89. The number of benzene rings is 1. The van der Waals surface area contributed by atoms with Gasteiger partial charge in [0.1, 0.15) is 5.56 Å². The van der Waals surface area contributed by atoms with Gasteiger partial charge in [-0.05, 0) is 96.7 Å². The number of nitrogens with two attached hydrogens (primary N) is 1. The Bertz CT molecular complexity index is 1190. The van der Waals surface area contributed by atoms with Crippen LogP contribution in [-0.4, -0.2) is 15.5 Å². The van der Waals surface area contributed by atoms with E-state index in [-0.39, 0.29) is 5.56 Å². The van der Waals surface area contributed by atoms with E-state index in [9.17, 15) is 14.7 Å². The second-order valence-electron chi connectivity index (χ2n) is 7.69. The van der Waals surface area contributed by atoms with Crippen LogP contribution in [0.25, 0.3) is 16.6 Å². The minimum absolute atomic E-state index is 0.164. The summed E-state index contributed by atoms with van der Waals surface area (Å²) in [5.74, 6) is -0.855. The number of aromatic carboxylic acids is 1. The zero-order valence-corrected chi connectivity index (χ0v) is 16.4. The van der Waals surface area contributed by atoms with Crippen molar-refractivity contribution in [1.82, 2.24) is 4.40 Å². The van der Waals surface area contributed by atoms with Crippen molar-refractivity contribution in [1.29, 1.82) is 0 Å². The van der Waals surface area contributed by atoms with Crippen molar-refractivity contribution in [2.45, 2.75) is 46.0 Å². The molecule has 0 atom stereocenters. The first kappa shape index (κ1) is 18.3. The Kier molecular flexibility index (Phi) is 4.26. The Morgan fingerprint density at radius 1 is 1.25 bits per heavy atom. The highest BCUT2D eigenvalue weighted by Crippen LogP contribution is 2.43. The Morgan fingerprint density at radius 2 is 1.96 bits per heavy atom. The maximum absolute atomic E-state index is 12.7. The van der Waals surface area contributed by atoms with Crippen molar-refractivity contribution in [3.63, 3.8) is 0 Å². The number of pyridine rings is 2. The van der Waals surface area contributed by atoms with Crippen molar-refractivity contribution in [3.05, 3.63) is 68.6 Å². The minimum Gasteiger partial charge on any atom is -0.477 e. The van der Waals surface area contributed by atoms with Gasteiger partial charge in [0, 0.05) is 11.9 Å². The van der Waals surface area contributed by atoms with Crippen LogP contribution in [0.2, 0.25) is 0 Å². The van der Waals surface area contributed by atoms with E-state index < -0.39 is 11.5 Å². The molecular formula is C23H24N2O3. The van der Waals surface area contributed by atoms with Gasteiger partial charge in [-0.2, -0.15) is 0 Å². The fourth-order valence-electron chi connectivity index (χ4n) is 4.09. The van der Waals surface area contributed by atoms with Crippen molar-refractivity contribution in [2.75, 3.05) is 5.73 Å². The quantitative estimate of drug-likeness (QED) is 0.665. The molecule has 1 aliphatic rings. The standard InChI is InChI=1S/C23H24N2O3/c1-4-14-10-16(9-12(2)20(14)24)17-7-8-25-21(13(17)3)18(15-5-6-15)11-19(22(25)26)23(27)28/h7-11,15H,4-6,24H2,1-3H3,(H,27,28). The summed E-state index contributed by atoms with van der Waals surface area (Å²) < 4.78 is 1.50. The van der Waals surface area contributed by atoms with Gasteiger partial charge in [-0.25, -0.2) is 4.79 Å². The molecule has 0 bridgehead atoms. The summed E-state index contributed by atoms with van der Waals surface area (Å²) in [7, 11) is 0. The van der Waals surface area contributed by atoms with Crippen LogP contribution in [0.1, 0.15) is 58.3 Å². The van der Waals surface area contributed by atoms with Gasteiger partial charge in [0.25, 0.3) is 5.56 Å². The van der Waals surface area contributed by atoms with Crippen molar-refractivity contribution >= 4 is 17.2 Å². The van der Waals surface area contributed by atoms with E-state index in [1.54, 1.807) is 12.3 Å². The molecule has 5 heteroatoms. The number of carbonyl (C=O) groups is 1. The zero-order chi connectivity index (χ0) is 20.2. The van der Waals surface area contributed by atoms with Crippen LogP contribution in [0, 0.1) is 13.8 Å². The van der Waals surface area contributed by atoms with Crippen LogP contribution >= 0.6 is 0 Å². The second kappa shape index (κ2) is 6.51. The van der Waals surface area contributed by atoms with Gasteiger partial charge >= 0.3 is 5.97 Å². The average Bonchev–Trinajstić information content (AvgIpc) is 3.49. The van der Waals surface area contributed by atoms with E-state index in [0.717, 1.165) is 63.8 Å². The number of hydrogen-bond donors (Lipinski definition) is 2. The molecular weight excluding hydrogens is 352 g/mol. The average molecular weight is 376 g/mol. The second-order valence-corrected chi connectivity index (χ2v) is 7.69. The Hall–Kier alpha value is -3.08. The highest BCUT2D eigenvalue weighted by Gasteiger charge is 2.29. The Balaban J connectivity index is 2.04. The van der Waals surface area contributed by atoms with Crippen LogP contribution < -0.4 is 11.3 Å². The molecule has 2 aromatic heterocycles. The summed E-state index contributed by atoms with van der Waals surface area (Å²) >= 11 is 0. The maximum atomic E-state index is 12.7. The predicted molar refractivity (Wildman–Crippen MR) is 111 cm³/mol. The molecule has 0 radical (unpaired) electrons. The number of anilines is 1. The molecule has 0 aliphatic heterocycles. The van der Waals surface area contributed by atoms with Gasteiger partial charge in [-0.1, -0.05) is 6.92 Å². The maximum Gasteiger partial charge on any atom is 0.341 e. The fraction of sp³-hybridized carbons (Fsp3) is 0.304. The number of hydrogen-bond acceptors (Lipinski definition) is 3. The Labute approximate surface area is 163 Å². The van der Waals surface area contributed by atoms with E-state index in [1.807, 2.05) is 19.9 Å². The van der Waals surface area contributed by atoms with E-state index >= 15 is 0 Å². The summed E-state index contributed by atoms with van der Waals surface area (Å²) in [5, 5.41) is 9.44. The van der Waals surface area contributed by atoms with E-state index in [1.165, 1.54) is 4.40 Å². The molecule has 2 heterocycles. The third-order valence-corrected chi connectivity index (χ3v) is 5.82. The van der Waals surface area contributed by atoms with Crippen LogP contribution in [-0.2, 0) is 6.42 Å². The normalized spacial score (nSPS) is 13.8. The lowest BCUT2D eigenvalue weighted by molar-refractivity contribution is 0.0694. The summed E-state index contributed by atoms with van der Waals surface area (Å²) in [6.45, 7) is 6.10. The molecule has 1 fully saturated rings. The third-order valence-electron chi connectivity index (χ3n) is 5.82. The van der Waals surface area contributed by atoms with Gasteiger partial charge in [0.2, 0.25) is 0 Å². The zero-order valence-electron chi connectivity index (χ0n) is 16.4. The number of rotatable bonds is 4. The number of carboxylic acids is 1. The minimum atomic E-state index is -1.18. The highest BCUT2D eigenvalue weighted by atomic mass is 16.4. The van der Waals surface area contributed by atoms with Crippen molar-refractivity contribution in [2.24, 2.45) is 0 Å². The van der Waals surface area contributed by atoms with Crippen molar-refractivity contribution < 1.29 is 9.90 Å². The molecule has 1 aliphatic carbocycles. The molecule has 3 N–H and O–H groups in total. The number of carboxylic acid groups (broad SMARTS) is 1. The molecule has 0 amide bonds. The van der Waals surface area contributed by atoms with Gasteiger partial charge in [0.05, 0.1) is 5.52 Å². The van der Waals surface area contributed by atoms with Gasteiger partial charge in [-0.15, -0.1) is 0 Å². The molecule has 1 aromatic carbocycles. The van der Waals surface area contributed by atoms with Gasteiger partial charge in [0.15, 0.2) is 0 Å². The number of aromatic nitrogens is 1. The Morgan fingerprint density at radius 3 is 2.57 bits per heavy atom. The van der Waals surface area contributed by atoms with E-state index in [4.69, 9.17) is 5.73 Å². The number of fused-ring (bicyclic) bond motifs is 1. The first-order valence-corrected chi connectivity index (χ1v) is 9.65. The molecule has 5 nitrogen and oxygen atoms in total. The monoisotopic (exact) mass is 376 g/mol. The van der Waals surface area contributed by atoms with Crippen LogP contribution in [0.4, 0.5) is 5.69 Å². The lowest BCUT2D eigenvalue weighted by Gasteiger charge is -2.17. The van der Waals surface area contributed by atoms with E-state index in [0.29, 0.717) is 5.92 Å². The number of nitrogens with zero attached hydrogens (tertiary/aromatic N) is 1. The van der Waals surface area contributed by atoms with Crippen molar-refractivity contribution in [3.8, 4) is 11.1 Å². The molecule has 0 saturated heterocycles. The first-order chi connectivity index (χ1) is 13.3. The number of nitrogen functional groups attached to an aromatic ring is 1. The lowest BCUT2D eigenvalue weighted by atomic mass is 9.93. The van der Waals surface area contributed by atoms with Crippen LogP contribution in [0.5, 0.6) is 0 Å². The number of aryl methyl sites for hydroxylation is 3. The lowest BCUT2D eigenvalue weighted by Crippen LogP contribution is -2.23. The van der Waals surface area contributed by atoms with Gasteiger partial charge in [-0.3, -0.25) is 9.20 Å². The van der Waals surface area contributed by atoms with Crippen LogP contribution in [0.3, 0.4) is 0 Å². The summed E-state index contributed by atoms with van der Waals surface area (Å²) in [5.41, 5.74) is 13.4. The third kappa shape index (κ3) is 2.78. The molecule has 0 spiro atoms. The summed E-state index contributed by atoms with van der Waals surface area (Å²) in [4.78, 5) is 24.3. The fourth-order valence-corrected chi connectivity index (χ4v) is 4.09. The molecule has 3 aromatic rings. The molecule has 28 heavy (non-hydrogen) atoms. The largest absolute Gasteiger partial charge is 0.477 e. The smallest absolute Gasteiger partial charge is 0.341 e. The first-order valence-electron chi connectivity index (χ1n) is 9.65. The van der Waals surface area contributed by atoms with Gasteiger partial charge < -0.3 is 10.8 Å².